The summed E-state index contributed by atoms with van der Waals surface area (Å²) in [6, 6.07) is 10.00. The van der Waals surface area contributed by atoms with Crippen LogP contribution in [0.1, 0.15) is 65.5 Å². The van der Waals surface area contributed by atoms with Gasteiger partial charge in [0.2, 0.25) is 0 Å². The molecule has 118 valence electrons. The lowest BCUT2D eigenvalue weighted by molar-refractivity contribution is 0.0320. The standard InChI is InChI=1S/C18H30N2O/c1-13(2)21-18-11-9-17(10-12-18)16(5)19-20-14(3)7-6-8-15(20)4/h9-16,19H,6-8H2,1-5H3. The summed E-state index contributed by atoms with van der Waals surface area (Å²) in [5.74, 6) is 0.945. The quantitative estimate of drug-likeness (QED) is 0.875. The Balaban J connectivity index is 1.97. The van der Waals surface area contributed by atoms with E-state index in [1.54, 1.807) is 0 Å². The van der Waals surface area contributed by atoms with Crippen molar-refractivity contribution in [2.24, 2.45) is 0 Å². The van der Waals surface area contributed by atoms with Gasteiger partial charge in [0.05, 0.1) is 6.10 Å². The molecule has 3 nitrogen and oxygen atoms in total. The highest BCUT2D eigenvalue weighted by Gasteiger charge is 2.25. The van der Waals surface area contributed by atoms with Gasteiger partial charge < -0.3 is 4.74 Å². The van der Waals surface area contributed by atoms with E-state index < -0.39 is 0 Å². The van der Waals surface area contributed by atoms with E-state index in [-0.39, 0.29) is 6.10 Å². The van der Waals surface area contributed by atoms with E-state index in [1.807, 2.05) is 0 Å². The summed E-state index contributed by atoms with van der Waals surface area (Å²) in [6.07, 6.45) is 4.13. The molecule has 0 spiro atoms. The van der Waals surface area contributed by atoms with E-state index in [1.165, 1.54) is 24.8 Å². The van der Waals surface area contributed by atoms with Crippen LogP contribution in [-0.4, -0.2) is 23.2 Å². The van der Waals surface area contributed by atoms with E-state index in [9.17, 15) is 0 Å². The van der Waals surface area contributed by atoms with Crippen molar-refractivity contribution < 1.29 is 4.74 Å². The zero-order valence-electron chi connectivity index (χ0n) is 14.1. The van der Waals surface area contributed by atoms with Crippen LogP contribution in [-0.2, 0) is 0 Å². The fourth-order valence-electron chi connectivity index (χ4n) is 3.08. The number of rotatable bonds is 5. The van der Waals surface area contributed by atoms with Gasteiger partial charge >= 0.3 is 0 Å². The van der Waals surface area contributed by atoms with Gasteiger partial charge in [0.1, 0.15) is 5.75 Å². The molecule has 2 rings (SSSR count). The first-order valence-corrected chi connectivity index (χ1v) is 8.28. The van der Waals surface area contributed by atoms with Gasteiger partial charge in [-0.15, -0.1) is 0 Å². The first kappa shape index (κ1) is 16.3. The molecule has 1 aliphatic rings. The molecule has 21 heavy (non-hydrogen) atoms. The summed E-state index contributed by atoms with van der Waals surface area (Å²) in [7, 11) is 0. The second-order valence-electron chi connectivity index (χ2n) is 6.62. The van der Waals surface area contributed by atoms with Crippen LogP contribution < -0.4 is 10.2 Å². The Labute approximate surface area is 129 Å². The lowest BCUT2D eigenvalue weighted by Gasteiger charge is -2.41. The Morgan fingerprint density at radius 2 is 1.62 bits per heavy atom. The topological polar surface area (TPSA) is 24.5 Å². The van der Waals surface area contributed by atoms with Gasteiger partial charge in [0.25, 0.3) is 0 Å². The third-order valence-corrected chi connectivity index (χ3v) is 4.29. The molecule has 1 aromatic carbocycles. The largest absolute Gasteiger partial charge is 0.491 e. The molecule has 1 aliphatic heterocycles. The lowest BCUT2D eigenvalue weighted by atomic mass is 9.99. The van der Waals surface area contributed by atoms with Gasteiger partial charge in [-0.3, -0.25) is 0 Å². The molecule has 0 aliphatic carbocycles. The third-order valence-electron chi connectivity index (χ3n) is 4.29. The van der Waals surface area contributed by atoms with Crippen LogP contribution in [0.2, 0.25) is 0 Å². The SMILES string of the molecule is CC(C)Oc1ccc(C(C)NN2C(C)CCCC2C)cc1. The Morgan fingerprint density at radius 3 is 2.14 bits per heavy atom. The molecule has 0 saturated carbocycles. The lowest BCUT2D eigenvalue weighted by Crippen LogP contribution is -2.52. The molecule has 1 aromatic rings. The molecule has 3 heteroatoms. The molecule has 3 atom stereocenters. The van der Waals surface area contributed by atoms with Gasteiger partial charge in [0.15, 0.2) is 0 Å². The van der Waals surface area contributed by atoms with E-state index in [4.69, 9.17) is 4.74 Å². The average molecular weight is 290 g/mol. The number of hydrogen-bond acceptors (Lipinski definition) is 3. The Morgan fingerprint density at radius 1 is 1.05 bits per heavy atom. The van der Waals surface area contributed by atoms with Gasteiger partial charge in [-0.25, -0.2) is 10.4 Å². The van der Waals surface area contributed by atoms with Gasteiger partial charge in [-0.1, -0.05) is 18.6 Å². The minimum Gasteiger partial charge on any atom is -0.491 e. The Kier molecular flexibility index (Phi) is 5.65. The normalized spacial score (nSPS) is 25.0. The maximum absolute atomic E-state index is 5.70. The van der Waals surface area contributed by atoms with Gasteiger partial charge in [-0.2, -0.15) is 0 Å². The van der Waals surface area contributed by atoms with Crippen molar-refractivity contribution in [2.75, 3.05) is 0 Å². The van der Waals surface area contributed by atoms with Crippen LogP contribution in [0.5, 0.6) is 5.75 Å². The van der Waals surface area contributed by atoms with Crippen molar-refractivity contribution in [1.82, 2.24) is 10.4 Å². The minimum atomic E-state index is 0.224. The molecular weight excluding hydrogens is 260 g/mol. The van der Waals surface area contributed by atoms with Crippen molar-refractivity contribution in [3.8, 4) is 5.75 Å². The van der Waals surface area contributed by atoms with Crippen molar-refractivity contribution in [2.45, 2.75) is 78.1 Å². The summed E-state index contributed by atoms with van der Waals surface area (Å²) in [5.41, 5.74) is 4.99. The highest BCUT2D eigenvalue weighted by atomic mass is 16.5. The summed E-state index contributed by atoms with van der Waals surface area (Å²) in [5, 5.41) is 2.44. The number of hydrogen-bond donors (Lipinski definition) is 1. The van der Waals surface area contributed by atoms with E-state index in [0.717, 1.165) is 5.75 Å². The second kappa shape index (κ2) is 7.28. The molecular formula is C18H30N2O. The number of benzene rings is 1. The first-order chi connectivity index (χ1) is 9.97. The van der Waals surface area contributed by atoms with Crippen molar-refractivity contribution in [3.05, 3.63) is 29.8 Å². The highest BCUT2D eigenvalue weighted by Crippen LogP contribution is 2.24. The average Bonchev–Trinajstić information content (AvgIpc) is 2.43. The fourth-order valence-corrected chi connectivity index (χ4v) is 3.08. The molecule has 0 aromatic heterocycles. The number of nitrogens with zero attached hydrogens (tertiary/aromatic N) is 1. The predicted octanol–water partition coefficient (Wildman–Crippen LogP) is 4.30. The van der Waals surface area contributed by atoms with E-state index in [0.29, 0.717) is 18.1 Å². The van der Waals surface area contributed by atoms with Crippen LogP contribution in [0.25, 0.3) is 0 Å². The molecule has 1 N–H and O–H groups in total. The Bertz CT molecular complexity index is 419. The summed E-state index contributed by atoms with van der Waals surface area (Å²) in [4.78, 5) is 0. The minimum absolute atomic E-state index is 0.224. The zero-order chi connectivity index (χ0) is 15.4. The van der Waals surface area contributed by atoms with Crippen LogP contribution in [0.15, 0.2) is 24.3 Å². The maximum Gasteiger partial charge on any atom is 0.119 e. The van der Waals surface area contributed by atoms with Crippen molar-refractivity contribution in [1.29, 1.82) is 0 Å². The molecule has 1 fully saturated rings. The zero-order valence-corrected chi connectivity index (χ0v) is 14.1. The first-order valence-electron chi connectivity index (χ1n) is 8.28. The van der Waals surface area contributed by atoms with Gasteiger partial charge in [-0.05, 0) is 65.2 Å². The molecule has 0 radical (unpaired) electrons. The number of hydrazine groups is 1. The smallest absolute Gasteiger partial charge is 0.119 e. The van der Waals surface area contributed by atoms with Crippen LogP contribution >= 0.6 is 0 Å². The Hall–Kier alpha value is -1.06. The summed E-state index contributed by atoms with van der Waals surface area (Å²) in [6.45, 7) is 11.0. The molecule has 1 heterocycles. The van der Waals surface area contributed by atoms with Crippen LogP contribution in [0.3, 0.4) is 0 Å². The number of piperidine rings is 1. The fraction of sp³-hybridized carbons (Fsp3) is 0.667. The maximum atomic E-state index is 5.70. The molecule has 0 amide bonds. The van der Waals surface area contributed by atoms with Crippen LogP contribution in [0, 0.1) is 0 Å². The molecule has 3 unspecified atom stereocenters. The van der Waals surface area contributed by atoms with Crippen molar-refractivity contribution in [3.63, 3.8) is 0 Å². The van der Waals surface area contributed by atoms with E-state index >= 15 is 0 Å². The predicted molar refractivity (Wildman–Crippen MR) is 88.4 cm³/mol. The third kappa shape index (κ3) is 4.45. The number of ether oxygens (including phenoxy) is 1. The monoisotopic (exact) mass is 290 g/mol. The summed E-state index contributed by atoms with van der Waals surface area (Å²) < 4.78 is 5.70. The summed E-state index contributed by atoms with van der Waals surface area (Å²) >= 11 is 0. The molecule has 0 bridgehead atoms. The van der Waals surface area contributed by atoms with Crippen molar-refractivity contribution >= 4 is 0 Å². The van der Waals surface area contributed by atoms with E-state index in [2.05, 4.69) is 69.3 Å². The molecule has 1 saturated heterocycles. The second-order valence-corrected chi connectivity index (χ2v) is 6.62. The number of nitrogens with one attached hydrogen (secondary N) is 1. The highest BCUT2D eigenvalue weighted by molar-refractivity contribution is 5.29. The van der Waals surface area contributed by atoms with Crippen LogP contribution in [0.4, 0.5) is 0 Å². The van der Waals surface area contributed by atoms with Gasteiger partial charge in [0, 0.05) is 18.1 Å².